The van der Waals surface area contributed by atoms with Crippen LogP contribution in [0.3, 0.4) is 0 Å². The van der Waals surface area contributed by atoms with Crippen LogP contribution in [-0.4, -0.2) is 40.3 Å². The predicted molar refractivity (Wildman–Crippen MR) is 189 cm³/mol. The Bertz CT molecular complexity index is 1900. The number of fused-ring (bicyclic) bond motifs is 1. The highest BCUT2D eigenvalue weighted by molar-refractivity contribution is 9.10. The van der Waals surface area contributed by atoms with Gasteiger partial charge < -0.3 is 20.9 Å². The zero-order valence-corrected chi connectivity index (χ0v) is 28.7. The molecule has 0 radical (unpaired) electrons. The molecule has 0 aliphatic carbocycles. The molecule has 0 spiro atoms. The number of hydrogen-bond donors (Lipinski definition) is 3. The second kappa shape index (κ2) is 15.3. The van der Waals surface area contributed by atoms with Crippen molar-refractivity contribution in [3.05, 3.63) is 116 Å². The van der Waals surface area contributed by atoms with E-state index in [1.807, 2.05) is 30.3 Å². The van der Waals surface area contributed by atoms with Crippen molar-refractivity contribution in [2.75, 3.05) is 17.2 Å². The van der Waals surface area contributed by atoms with Crippen LogP contribution < -0.4 is 16.0 Å². The number of nitrogens with zero attached hydrogens (tertiary/aromatic N) is 2. The zero-order valence-electron chi connectivity index (χ0n) is 25.5. The van der Waals surface area contributed by atoms with Gasteiger partial charge in [-0.1, -0.05) is 52.3 Å². The highest BCUT2D eigenvalue weighted by Gasteiger charge is 2.27. The number of amides is 4. The normalized spacial score (nSPS) is 13.1. The lowest BCUT2D eigenvalue weighted by Gasteiger charge is -2.25. The van der Waals surface area contributed by atoms with Gasteiger partial charge in [0.05, 0.1) is 17.4 Å². The van der Waals surface area contributed by atoms with Gasteiger partial charge in [-0.15, -0.1) is 23.1 Å². The van der Waals surface area contributed by atoms with Crippen LogP contribution in [0.5, 0.6) is 0 Å². The van der Waals surface area contributed by atoms with Crippen molar-refractivity contribution in [3.8, 4) is 6.07 Å². The number of benzene rings is 3. The van der Waals surface area contributed by atoms with Crippen LogP contribution in [0, 0.1) is 11.3 Å². The van der Waals surface area contributed by atoms with Gasteiger partial charge in [0.15, 0.2) is 0 Å². The van der Waals surface area contributed by atoms with E-state index >= 15 is 0 Å². The van der Waals surface area contributed by atoms with E-state index in [4.69, 9.17) is 0 Å². The minimum atomic E-state index is -0.529. The molecule has 0 saturated heterocycles. The van der Waals surface area contributed by atoms with E-state index in [2.05, 4.69) is 37.9 Å². The molecule has 0 fully saturated rings. The Morgan fingerprint density at radius 2 is 1.77 bits per heavy atom. The van der Waals surface area contributed by atoms with Gasteiger partial charge in [-0.25, -0.2) is 0 Å². The van der Waals surface area contributed by atoms with Crippen LogP contribution in [0.15, 0.2) is 93.9 Å². The Morgan fingerprint density at radius 1 is 1.02 bits per heavy atom. The maximum absolute atomic E-state index is 13.5. The topological polar surface area (TPSA) is 131 Å². The number of thioether (sulfide) groups is 1. The average Bonchev–Trinajstić information content (AvgIpc) is 3.41. The highest BCUT2D eigenvalue weighted by Crippen LogP contribution is 2.37. The fourth-order valence-electron chi connectivity index (χ4n) is 4.86. The minimum absolute atomic E-state index is 0.0228. The summed E-state index contributed by atoms with van der Waals surface area (Å²) < 4.78 is 0.882. The van der Waals surface area contributed by atoms with Crippen molar-refractivity contribution in [2.45, 2.75) is 37.0 Å². The summed E-state index contributed by atoms with van der Waals surface area (Å²) in [4.78, 5) is 54.9. The minimum Gasteiger partial charge on any atom is -0.337 e. The van der Waals surface area contributed by atoms with E-state index in [1.165, 1.54) is 30.0 Å². The van der Waals surface area contributed by atoms with Crippen molar-refractivity contribution in [2.24, 2.45) is 0 Å². The van der Waals surface area contributed by atoms with Gasteiger partial charge in [-0.05, 0) is 73.0 Å². The Hall–Kier alpha value is -4.70. The first kappa shape index (κ1) is 33.7. The highest BCUT2D eigenvalue weighted by atomic mass is 79.9. The van der Waals surface area contributed by atoms with Gasteiger partial charge in [0.1, 0.15) is 16.8 Å². The quantitative estimate of drug-likeness (QED) is 0.128. The maximum atomic E-state index is 13.5. The molecule has 0 saturated carbocycles. The van der Waals surface area contributed by atoms with Gasteiger partial charge in [-0.2, -0.15) is 5.26 Å². The number of hydrogen-bond acceptors (Lipinski definition) is 7. The van der Waals surface area contributed by atoms with Crippen LogP contribution in [-0.2, 0) is 27.3 Å². The van der Waals surface area contributed by atoms with Crippen molar-refractivity contribution in [1.82, 2.24) is 10.2 Å². The third kappa shape index (κ3) is 8.56. The zero-order chi connectivity index (χ0) is 33.5. The summed E-state index contributed by atoms with van der Waals surface area (Å²) in [5.74, 6) is -1.23. The first-order valence-corrected chi connectivity index (χ1v) is 17.1. The average molecular weight is 729 g/mol. The Kier molecular flexibility index (Phi) is 10.9. The molecular formula is C35H30BrN5O4S2. The Morgan fingerprint density at radius 3 is 2.47 bits per heavy atom. The number of thiophene rings is 1. The summed E-state index contributed by atoms with van der Waals surface area (Å²) >= 11 is 6.04. The summed E-state index contributed by atoms with van der Waals surface area (Å²) in [7, 11) is 0. The molecule has 12 heteroatoms. The largest absolute Gasteiger partial charge is 0.337 e. The predicted octanol–water partition coefficient (Wildman–Crippen LogP) is 6.82. The molecule has 1 aliphatic rings. The summed E-state index contributed by atoms with van der Waals surface area (Å²) in [6.07, 6.45) is 2.17. The van der Waals surface area contributed by atoms with E-state index in [-0.39, 0.29) is 17.5 Å². The molecule has 1 unspecified atom stereocenters. The van der Waals surface area contributed by atoms with Crippen LogP contribution in [0.2, 0.25) is 0 Å². The van der Waals surface area contributed by atoms with Crippen LogP contribution in [0.4, 0.5) is 10.7 Å². The van der Waals surface area contributed by atoms with Crippen LogP contribution in [0.1, 0.15) is 45.8 Å². The number of anilines is 2. The van der Waals surface area contributed by atoms with Crippen molar-refractivity contribution >= 4 is 79.4 Å². The molecule has 238 valence electrons. The van der Waals surface area contributed by atoms with Gasteiger partial charge in [0.25, 0.3) is 11.8 Å². The van der Waals surface area contributed by atoms with E-state index in [1.54, 1.807) is 66.4 Å². The van der Waals surface area contributed by atoms with Gasteiger partial charge in [-0.3, -0.25) is 19.2 Å². The number of nitriles is 1. The second-order valence-corrected chi connectivity index (χ2v) is 14.1. The summed E-state index contributed by atoms with van der Waals surface area (Å²) in [6, 6.07) is 25.3. The lowest BCUT2D eigenvalue weighted by Crippen LogP contribution is -2.33. The van der Waals surface area contributed by atoms with E-state index in [9.17, 15) is 24.4 Å². The molecule has 3 N–H and O–H groups in total. The molecule has 1 atom stereocenters. The van der Waals surface area contributed by atoms with Crippen molar-refractivity contribution < 1.29 is 19.2 Å². The number of nitrogens with one attached hydrogen (secondary N) is 3. The van der Waals surface area contributed by atoms with E-state index in [0.717, 1.165) is 25.4 Å². The first-order valence-electron chi connectivity index (χ1n) is 14.6. The fraction of sp³-hybridized carbons (Fsp3) is 0.171. The van der Waals surface area contributed by atoms with E-state index in [0.29, 0.717) is 41.3 Å². The van der Waals surface area contributed by atoms with Crippen LogP contribution >= 0.6 is 39.0 Å². The molecule has 1 aromatic heterocycles. The lowest BCUT2D eigenvalue weighted by molar-refractivity contribution is -0.129. The van der Waals surface area contributed by atoms with E-state index < -0.39 is 17.1 Å². The summed E-state index contributed by atoms with van der Waals surface area (Å²) in [6.45, 7) is 4.26. The smallest absolute Gasteiger partial charge is 0.272 e. The number of halogens is 1. The molecule has 0 bridgehead atoms. The summed E-state index contributed by atoms with van der Waals surface area (Å²) in [5.41, 5.74) is 3.02. The Balaban J connectivity index is 1.27. The lowest BCUT2D eigenvalue weighted by atomic mass is 10.0. The Labute approximate surface area is 289 Å². The molecule has 4 aromatic rings. The van der Waals surface area contributed by atoms with Crippen LogP contribution in [0.25, 0.3) is 6.08 Å². The molecule has 5 rings (SSSR count). The second-order valence-electron chi connectivity index (χ2n) is 10.7. The number of carbonyl (C=O) groups is 4. The summed E-state index contributed by atoms with van der Waals surface area (Å²) in [5, 5.41) is 18.3. The van der Waals surface area contributed by atoms with Crippen molar-refractivity contribution in [1.29, 1.82) is 5.26 Å². The maximum Gasteiger partial charge on any atom is 0.272 e. The standard InChI is InChI=1S/C35H30BrN5O4S2/c1-21(32(43)40-35-29(19-37)28-15-16-41(22(2)42)20-31(28)47-35)46-27-10-6-9-26(18-27)38-34(45)30(17-23-11-13-25(36)14-12-23)39-33(44)24-7-4-3-5-8-24/h3-14,17-18,21H,15-16,20H2,1-2H3,(H,38,45)(H,39,44)(H,40,43)/b30-17+. The number of carbonyl (C=O) groups excluding carboxylic acids is 4. The molecule has 2 heterocycles. The first-order chi connectivity index (χ1) is 22.6. The monoisotopic (exact) mass is 727 g/mol. The number of rotatable bonds is 9. The van der Waals surface area contributed by atoms with Gasteiger partial charge in [0.2, 0.25) is 11.8 Å². The molecule has 9 nitrogen and oxygen atoms in total. The van der Waals surface area contributed by atoms with Gasteiger partial charge >= 0.3 is 0 Å². The molecule has 47 heavy (non-hydrogen) atoms. The molecular weight excluding hydrogens is 698 g/mol. The fourth-order valence-corrected chi connectivity index (χ4v) is 7.27. The third-order valence-corrected chi connectivity index (χ3v) is 10.1. The molecule has 1 aliphatic heterocycles. The molecule has 3 aromatic carbocycles. The third-order valence-electron chi connectivity index (χ3n) is 7.33. The van der Waals surface area contributed by atoms with Gasteiger partial charge in [0, 0.05) is 39.0 Å². The SMILES string of the molecule is CC(=O)N1CCc2c(sc(NC(=O)C(C)Sc3cccc(NC(=O)/C(=C\c4ccc(Br)cc4)NC(=O)c4ccccc4)c3)c2C#N)C1. The van der Waals surface area contributed by atoms with Crippen molar-refractivity contribution in [3.63, 3.8) is 0 Å². The molecule has 4 amide bonds.